The van der Waals surface area contributed by atoms with Crippen LogP contribution < -0.4 is 5.32 Å². The molecule has 1 unspecified atom stereocenters. The van der Waals surface area contributed by atoms with Crippen LogP contribution in [0.1, 0.15) is 43.5 Å². The van der Waals surface area contributed by atoms with E-state index in [1.807, 2.05) is 11.3 Å². The molecule has 25 heavy (non-hydrogen) atoms. The Morgan fingerprint density at radius 3 is 2.44 bits per heavy atom. The van der Waals surface area contributed by atoms with Crippen molar-refractivity contribution in [2.75, 3.05) is 40.3 Å². The van der Waals surface area contributed by atoms with E-state index in [1.165, 1.54) is 67.1 Å². The van der Waals surface area contributed by atoms with Crippen LogP contribution in [0, 0.1) is 5.92 Å². The first-order valence-electron chi connectivity index (χ1n) is 9.42. The van der Waals surface area contributed by atoms with Gasteiger partial charge in [0.1, 0.15) is 0 Å². The molecule has 140 valence electrons. The van der Waals surface area contributed by atoms with E-state index in [4.69, 9.17) is 10.1 Å². The van der Waals surface area contributed by atoms with E-state index in [9.17, 15) is 0 Å². The normalized spacial score (nSPS) is 21.8. The van der Waals surface area contributed by atoms with Crippen LogP contribution in [0.4, 0.5) is 0 Å². The second-order valence-electron chi connectivity index (χ2n) is 7.05. The lowest BCUT2D eigenvalue weighted by molar-refractivity contribution is 0.255. The second-order valence-corrected chi connectivity index (χ2v) is 8.11. The molecule has 0 bridgehead atoms. The highest BCUT2D eigenvalue weighted by Crippen LogP contribution is 2.33. The molecule has 0 aliphatic carbocycles. The average molecular weight is 364 g/mol. The lowest BCUT2D eigenvalue weighted by Gasteiger charge is -2.27. The van der Waals surface area contributed by atoms with E-state index in [-0.39, 0.29) is 0 Å². The molecule has 0 radical (unpaired) electrons. The standard InChI is InChI=1S/C13H16N2S.C6H13N.CH4O/c1-15-8-6-10(7-9-15)13-14-11-4-2-3-5-12(11)16-13;1-6-3-2-4-7-5-6;1-2/h2-5,10H,6-9H2,1H3;6-7H,2-5H2,1H3;2H,1H3. The summed E-state index contributed by atoms with van der Waals surface area (Å²) in [5.41, 5.74) is 1.17. The summed E-state index contributed by atoms with van der Waals surface area (Å²) >= 11 is 1.88. The maximum Gasteiger partial charge on any atom is 0.0970 e. The van der Waals surface area contributed by atoms with Crippen LogP contribution >= 0.6 is 11.3 Å². The third-order valence-electron chi connectivity index (χ3n) is 4.92. The molecule has 0 saturated carbocycles. The van der Waals surface area contributed by atoms with Crippen molar-refractivity contribution in [3.63, 3.8) is 0 Å². The molecule has 2 saturated heterocycles. The molecule has 0 amide bonds. The van der Waals surface area contributed by atoms with E-state index in [0.717, 1.165) is 13.0 Å². The molecular formula is C20H33N3OS. The number of nitrogens with one attached hydrogen (secondary N) is 1. The number of benzene rings is 1. The van der Waals surface area contributed by atoms with Gasteiger partial charge in [0, 0.05) is 13.0 Å². The van der Waals surface area contributed by atoms with Crippen LogP contribution in [-0.4, -0.2) is 55.3 Å². The van der Waals surface area contributed by atoms with Crippen LogP contribution in [-0.2, 0) is 0 Å². The number of rotatable bonds is 1. The predicted octanol–water partition coefficient (Wildman–Crippen LogP) is 3.72. The molecule has 4 nitrogen and oxygen atoms in total. The van der Waals surface area contributed by atoms with Gasteiger partial charge in [0.25, 0.3) is 0 Å². The first-order valence-corrected chi connectivity index (χ1v) is 10.2. The topological polar surface area (TPSA) is 48.4 Å². The van der Waals surface area contributed by atoms with Gasteiger partial charge < -0.3 is 15.3 Å². The molecule has 2 aromatic rings. The number of aliphatic hydroxyl groups excluding tert-OH is 1. The second kappa shape index (κ2) is 10.9. The van der Waals surface area contributed by atoms with Crippen molar-refractivity contribution in [2.24, 2.45) is 5.92 Å². The van der Waals surface area contributed by atoms with Crippen molar-refractivity contribution in [1.29, 1.82) is 0 Å². The van der Waals surface area contributed by atoms with Gasteiger partial charge in [0.2, 0.25) is 0 Å². The van der Waals surface area contributed by atoms with E-state index in [0.29, 0.717) is 5.92 Å². The number of nitrogens with zero attached hydrogens (tertiary/aromatic N) is 2. The van der Waals surface area contributed by atoms with Gasteiger partial charge in [-0.3, -0.25) is 0 Å². The van der Waals surface area contributed by atoms with Crippen molar-refractivity contribution in [2.45, 2.75) is 38.5 Å². The summed E-state index contributed by atoms with van der Waals surface area (Å²) < 4.78 is 1.33. The smallest absolute Gasteiger partial charge is 0.0970 e. The van der Waals surface area contributed by atoms with Gasteiger partial charge in [-0.2, -0.15) is 0 Å². The average Bonchev–Trinajstić information content (AvgIpc) is 3.09. The van der Waals surface area contributed by atoms with Crippen LogP contribution in [0.25, 0.3) is 10.2 Å². The van der Waals surface area contributed by atoms with Crippen LogP contribution in [0.15, 0.2) is 24.3 Å². The van der Waals surface area contributed by atoms with Gasteiger partial charge in [0.15, 0.2) is 0 Å². The zero-order valence-electron chi connectivity index (χ0n) is 15.9. The Labute approximate surface area is 156 Å². The number of fused-ring (bicyclic) bond motifs is 1. The molecule has 1 aromatic carbocycles. The number of hydrogen-bond donors (Lipinski definition) is 2. The molecule has 2 aliphatic heterocycles. The van der Waals surface area contributed by atoms with E-state index in [2.05, 4.69) is 48.5 Å². The van der Waals surface area contributed by atoms with Gasteiger partial charge in [0.05, 0.1) is 15.2 Å². The highest BCUT2D eigenvalue weighted by molar-refractivity contribution is 7.18. The fourth-order valence-electron chi connectivity index (χ4n) is 3.35. The molecular weight excluding hydrogens is 330 g/mol. The summed E-state index contributed by atoms with van der Waals surface area (Å²) in [6, 6.07) is 8.45. The number of hydrogen-bond acceptors (Lipinski definition) is 5. The number of para-hydroxylation sites is 1. The maximum atomic E-state index is 7.00. The number of aliphatic hydroxyl groups is 1. The van der Waals surface area contributed by atoms with Crippen molar-refractivity contribution >= 4 is 21.6 Å². The summed E-state index contributed by atoms with van der Waals surface area (Å²) in [4.78, 5) is 7.17. The quantitative estimate of drug-likeness (QED) is 0.811. The monoisotopic (exact) mass is 363 g/mol. The van der Waals surface area contributed by atoms with E-state index in [1.54, 1.807) is 0 Å². The molecule has 3 heterocycles. The van der Waals surface area contributed by atoms with E-state index < -0.39 is 0 Å². The minimum absolute atomic E-state index is 0.689. The maximum absolute atomic E-state index is 7.00. The largest absolute Gasteiger partial charge is 0.400 e. The molecule has 1 aromatic heterocycles. The Balaban J connectivity index is 0.000000211. The van der Waals surface area contributed by atoms with Crippen LogP contribution in [0.5, 0.6) is 0 Å². The van der Waals surface area contributed by atoms with Gasteiger partial charge in [-0.15, -0.1) is 11.3 Å². The number of likely N-dealkylation sites (tertiary alicyclic amines) is 1. The Kier molecular flexibility index (Phi) is 8.82. The Morgan fingerprint density at radius 2 is 1.88 bits per heavy atom. The van der Waals surface area contributed by atoms with Gasteiger partial charge in [-0.1, -0.05) is 19.1 Å². The summed E-state index contributed by atoms with van der Waals surface area (Å²) in [6.45, 7) is 7.19. The fraction of sp³-hybridized carbons (Fsp3) is 0.650. The molecule has 5 heteroatoms. The molecule has 2 N–H and O–H groups in total. The SMILES string of the molecule is CC1CCCNC1.CN1CCC(c2nc3ccccc3s2)CC1.CO. The predicted molar refractivity (Wildman–Crippen MR) is 109 cm³/mol. The summed E-state index contributed by atoms with van der Waals surface area (Å²) in [5.74, 6) is 1.61. The fourth-order valence-corrected chi connectivity index (χ4v) is 4.48. The lowest BCUT2D eigenvalue weighted by atomic mass is 9.98. The molecule has 2 aliphatic rings. The number of piperidine rings is 2. The number of aromatic nitrogens is 1. The third-order valence-corrected chi connectivity index (χ3v) is 6.12. The zero-order valence-corrected chi connectivity index (χ0v) is 16.7. The Bertz CT molecular complexity index is 569. The zero-order chi connectivity index (χ0) is 18.1. The van der Waals surface area contributed by atoms with Crippen molar-refractivity contribution in [1.82, 2.24) is 15.2 Å². The molecule has 4 rings (SSSR count). The summed E-state index contributed by atoms with van der Waals surface area (Å²) in [5, 5.41) is 11.7. The van der Waals surface area contributed by atoms with Crippen LogP contribution in [0.2, 0.25) is 0 Å². The minimum Gasteiger partial charge on any atom is -0.400 e. The molecule has 1 atom stereocenters. The number of thiazole rings is 1. The molecule has 2 fully saturated rings. The van der Waals surface area contributed by atoms with E-state index >= 15 is 0 Å². The minimum atomic E-state index is 0.689. The van der Waals surface area contributed by atoms with Gasteiger partial charge in [-0.05, 0) is 77.0 Å². The van der Waals surface area contributed by atoms with Gasteiger partial charge in [-0.25, -0.2) is 4.98 Å². The van der Waals surface area contributed by atoms with Crippen molar-refractivity contribution in [3.05, 3.63) is 29.3 Å². The van der Waals surface area contributed by atoms with Gasteiger partial charge >= 0.3 is 0 Å². The van der Waals surface area contributed by atoms with Crippen LogP contribution in [0.3, 0.4) is 0 Å². The highest BCUT2D eigenvalue weighted by Gasteiger charge is 2.21. The van der Waals surface area contributed by atoms with Crippen molar-refractivity contribution < 1.29 is 5.11 Å². The third kappa shape index (κ3) is 6.33. The summed E-state index contributed by atoms with van der Waals surface area (Å²) in [7, 11) is 3.20. The Morgan fingerprint density at radius 1 is 1.16 bits per heavy atom. The Hall–Kier alpha value is -1.01. The summed E-state index contributed by atoms with van der Waals surface area (Å²) in [6.07, 6.45) is 5.32. The highest BCUT2D eigenvalue weighted by atomic mass is 32.1. The first kappa shape index (κ1) is 20.3. The first-order chi connectivity index (χ1) is 12.2. The van der Waals surface area contributed by atoms with Crippen molar-refractivity contribution in [3.8, 4) is 0 Å². The molecule has 0 spiro atoms. The lowest BCUT2D eigenvalue weighted by Crippen LogP contribution is -2.29.